The topological polar surface area (TPSA) is 75.7 Å². The molecular formula is C24H33ClN2O4S. The van der Waals surface area contributed by atoms with Gasteiger partial charge in [0.25, 0.3) is 0 Å². The van der Waals surface area contributed by atoms with Crippen molar-refractivity contribution in [1.82, 2.24) is 5.32 Å². The van der Waals surface area contributed by atoms with Crippen molar-refractivity contribution in [3.63, 3.8) is 0 Å². The molecule has 0 bridgehead atoms. The summed E-state index contributed by atoms with van der Waals surface area (Å²) in [6, 6.07) is 13.2. The van der Waals surface area contributed by atoms with Crippen molar-refractivity contribution >= 4 is 33.2 Å². The highest BCUT2D eigenvalue weighted by Crippen LogP contribution is 2.28. The van der Waals surface area contributed by atoms with Gasteiger partial charge in [-0.2, -0.15) is 0 Å². The van der Waals surface area contributed by atoms with Gasteiger partial charge in [0.15, 0.2) is 0 Å². The zero-order valence-corrected chi connectivity index (χ0v) is 20.8. The summed E-state index contributed by atoms with van der Waals surface area (Å²) in [7, 11) is -3.49. The first-order valence-electron chi connectivity index (χ1n) is 10.8. The third-order valence-electron chi connectivity index (χ3n) is 4.91. The number of ether oxygens (including phenoxy) is 1. The average Bonchev–Trinajstić information content (AvgIpc) is 2.70. The molecule has 8 heteroatoms. The fourth-order valence-corrected chi connectivity index (χ4v) is 4.55. The van der Waals surface area contributed by atoms with Crippen molar-refractivity contribution in [2.45, 2.75) is 52.6 Å². The summed E-state index contributed by atoms with van der Waals surface area (Å²) < 4.78 is 31.6. The molecule has 2 rings (SSSR count). The zero-order valence-electron chi connectivity index (χ0n) is 19.2. The first-order chi connectivity index (χ1) is 15.1. The number of halogens is 1. The van der Waals surface area contributed by atoms with Gasteiger partial charge in [-0.05, 0) is 75.4 Å². The molecule has 0 saturated carbocycles. The fraction of sp³-hybridized carbons (Fsp3) is 0.458. The zero-order chi connectivity index (χ0) is 23.7. The summed E-state index contributed by atoms with van der Waals surface area (Å²) in [6.45, 7) is 6.56. The lowest BCUT2D eigenvalue weighted by Gasteiger charge is -2.24. The summed E-state index contributed by atoms with van der Waals surface area (Å²) in [5.41, 5.74) is 2.41. The second-order valence-corrected chi connectivity index (χ2v) is 10.4. The predicted octanol–water partition coefficient (Wildman–Crippen LogP) is 4.73. The van der Waals surface area contributed by atoms with E-state index in [1.165, 1.54) is 4.31 Å². The second-order valence-electron chi connectivity index (χ2n) is 8.09. The van der Waals surface area contributed by atoms with Gasteiger partial charge in [0, 0.05) is 24.5 Å². The molecule has 0 atom stereocenters. The third-order valence-corrected chi connectivity index (χ3v) is 6.50. The summed E-state index contributed by atoms with van der Waals surface area (Å²) in [6.07, 6.45) is 3.61. The number of nitrogens with one attached hydrogen (secondary N) is 1. The highest BCUT2D eigenvalue weighted by atomic mass is 35.5. The minimum atomic E-state index is -3.49. The largest absolute Gasteiger partial charge is 0.491 e. The minimum Gasteiger partial charge on any atom is -0.491 e. The molecule has 2 aromatic carbocycles. The van der Waals surface area contributed by atoms with Crippen molar-refractivity contribution in [2.75, 3.05) is 23.7 Å². The molecule has 0 aliphatic heterocycles. The van der Waals surface area contributed by atoms with E-state index in [9.17, 15) is 13.2 Å². The van der Waals surface area contributed by atoms with Gasteiger partial charge in [-0.3, -0.25) is 9.10 Å². The van der Waals surface area contributed by atoms with Crippen LogP contribution in [-0.2, 0) is 21.2 Å². The lowest BCUT2D eigenvalue weighted by Crippen LogP contribution is -2.32. The number of sulfonamides is 1. The summed E-state index contributed by atoms with van der Waals surface area (Å²) >= 11 is 6.15. The average molecular weight is 481 g/mol. The Kier molecular flexibility index (Phi) is 9.84. The fourth-order valence-electron chi connectivity index (χ4n) is 3.37. The molecule has 32 heavy (non-hydrogen) atoms. The van der Waals surface area contributed by atoms with Gasteiger partial charge >= 0.3 is 0 Å². The summed E-state index contributed by atoms with van der Waals surface area (Å²) in [5, 5.41) is 3.42. The van der Waals surface area contributed by atoms with Crippen LogP contribution in [0.5, 0.6) is 5.75 Å². The van der Waals surface area contributed by atoms with Crippen molar-refractivity contribution in [2.24, 2.45) is 0 Å². The molecule has 176 valence electrons. The quantitative estimate of drug-likeness (QED) is 0.445. The van der Waals surface area contributed by atoms with Crippen molar-refractivity contribution in [1.29, 1.82) is 0 Å². The van der Waals surface area contributed by atoms with Crippen LogP contribution >= 0.6 is 11.6 Å². The van der Waals surface area contributed by atoms with Crippen molar-refractivity contribution < 1.29 is 17.9 Å². The van der Waals surface area contributed by atoms with Crippen LogP contribution in [0.1, 0.15) is 44.2 Å². The third kappa shape index (κ3) is 8.36. The Morgan fingerprint density at radius 3 is 2.56 bits per heavy atom. The second kappa shape index (κ2) is 12.1. The number of hydrogen-bond donors (Lipinski definition) is 1. The molecule has 2 aromatic rings. The van der Waals surface area contributed by atoms with Crippen LogP contribution in [0.4, 0.5) is 5.69 Å². The first kappa shape index (κ1) is 26.0. The SMILES string of the molecule is Cc1c(Cl)cccc1N(CCCC(=O)NCCCc1cccc(OC(C)C)c1)S(C)(=O)=O. The van der Waals surface area contributed by atoms with E-state index in [0.717, 1.165) is 30.4 Å². The van der Waals surface area contributed by atoms with Crippen LogP contribution in [0.3, 0.4) is 0 Å². The van der Waals surface area contributed by atoms with Gasteiger partial charge in [-0.15, -0.1) is 0 Å². The van der Waals surface area contributed by atoms with Crippen LogP contribution < -0.4 is 14.4 Å². The number of nitrogens with zero attached hydrogens (tertiary/aromatic N) is 1. The maximum atomic E-state index is 12.3. The molecule has 0 heterocycles. The Balaban J connectivity index is 1.78. The van der Waals surface area contributed by atoms with Crippen LogP contribution in [0.2, 0.25) is 5.02 Å². The van der Waals surface area contributed by atoms with Gasteiger partial charge in [0.2, 0.25) is 15.9 Å². The standard InChI is InChI=1S/C24H33ClN2O4S/c1-18(2)31-21-11-5-9-20(17-21)10-7-15-26-24(28)14-8-16-27(32(4,29)30)23-13-6-12-22(25)19(23)3/h5-6,9,11-13,17-18H,7-8,10,14-16H2,1-4H3,(H,26,28). The molecule has 1 amide bonds. The molecule has 0 aliphatic rings. The van der Waals surface area contributed by atoms with Crippen LogP contribution in [-0.4, -0.2) is 39.8 Å². The number of carbonyl (C=O) groups is 1. The normalized spacial score (nSPS) is 11.4. The smallest absolute Gasteiger partial charge is 0.232 e. The van der Waals surface area contributed by atoms with Gasteiger partial charge < -0.3 is 10.1 Å². The van der Waals surface area contributed by atoms with Crippen molar-refractivity contribution in [3.8, 4) is 5.75 Å². The number of amides is 1. The van der Waals surface area contributed by atoms with E-state index in [2.05, 4.69) is 5.32 Å². The number of rotatable bonds is 12. The van der Waals surface area contributed by atoms with Gasteiger partial charge in [0.05, 0.1) is 18.0 Å². The molecule has 0 aliphatic carbocycles. The molecule has 1 N–H and O–H groups in total. The van der Waals surface area contributed by atoms with E-state index in [-0.39, 0.29) is 25.0 Å². The van der Waals surface area contributed by atoms with E-state index in [4.69, 9.17) is 16.3 Å². The van der Waals surface area contributed by atoms with E-state index in [1.54, 1.807) is 25.1 Å². The maximum Gasteiger partial charge on any atom is 0.232 e. The Morgan fingerprint density at radius 1 is 1.16 bits per heavy atom. The van der Waals surface area contributed by atoms with E-state index < -0.39 is 10.0 Å². The van der Waals surface area contributed by atoms with E-state index in [1.807, 2.05) is 38.1 Å². The lowest BCUT2D eigenvalue weighted by atomic mass is 10.1. The Hall–Kier alpha value is -2.25. The Morgan fingerprint density at radius 2 is 1.88 bits per heavy atom. The minimum absolute atomic E-state index is 0.0850. The van der Waals surface area contributed by atoms with E-state index in [0.29, 0.717) is 29.2 Å². The molecule has 0 spiro atoms. The van der Waals surface area contributed by atoms with Gasteiger partial charge in [0.1, 0.15) is 5.75 Å². The predicted molar refractivity (Wildman–Crippen MR) is 131 cm³/mol. The molecule has 0 radical (unpaired) electrons. The first-order valence-corrected chi connectivity index (χ1v) is 13.1. The van der Waals surface area contributed by atoms with Gasteiger partial charge in [-0.25, -0.2) is 8.42 Å². The highest BCUT2D eigenvalue weighted by Gasteiger charge is 2.20. The number of aryl methyl sites for hydroxylation is 1. The monoisotopic (exact) mass is 480 g/mol. The number of anilines is 1. The van der Waals surface area contributed by atoms with Crippen LogP contribution in [0, 0.1) is 6.92 Å². The summed E-state index contributed by atoms with van der Waals surface area (Å²) in [4.78, 5) is 12.2. The maximum absolute atomic E-state index is 12.3. The molecule has 0 saturated heterocycles. The molecule has 0 aromatic heterocycles. The molecule has 0 unspecified atom stereocenters. The molecular weight excluding hydrogens is 448 g/mol. The Labute approximate surface area is 197 Å². The van der Waals surface area contributed by atoms with Crippen LogP contribution in [0.25, 0.3) is 0 Å². The summed E-state index contributed by atoms with van der Waals surface area (Å²) in [5.74, 6) is 0.769. The van der Waals surface area contributed by atoms with E-state index >= 15 is 0 Å². The molecule has 0 fully saturated rings. The lowest BCUT2D eigenvalue weighted by molar-refractivity contribution is -0.121. The Bertz CT molecular complexity index is 1010. The van der Waals surface area contributed by atoms with Crippen molar-refractivity contribution in [3.05, 3.63) is 58.6 Å². The number of carbonyl (C=O) groups excluding carboxylic acids is 1. The number of hydrogen-bond acceptors (Lipinski definition) is 4. The highest BCUT2D eigenvalue weighted by molar-refractivity contribution is 7.92. The number of benzene rings is 2. The van der Waals surface area contributed by atoms with Crippen LogP contribution in [0.15, 0.2) is 42.5 Å². The van der Waals surface area contributed by atoms with Gasteiger partial charge in [-0.1, -0.05) is 29.8 Å². The molecule has 6 nitrogen and oxygen atoms in total.